The number of halogens is 1. The summed E-state index contributed by atoms with van der Waals surface area (Å²) in [5.41, 5.74) is 5.54. The van der Waals surface area contributed by atoms with Crippen LogP contribution in [0.5, 0.6) is 11.5 Å². The zero-order valence-electron chi connectivity index (χ0n) is 15.9. The van der Waals surface area contributed by atoms with E-state index in [1.165, 1.54) is 25.2 Å². The van der Waals surface area contributed by atoms with Crippen LogP contribution in [0.25, 0.3) is 0 Å². The summed E-state index contributed by atoms with van der Waals surface area (Å²) in [4.78, 5) is 38.6. The Labute approximate surface area is 172 Å². The van der Waals surface area contributed by atoms with Crippen LogP contribution in [0.15, 0.2) is 42.5 Å². The first-order chi connectivity index (χ1) is 13.9. The summed E-state index contributed by atoms with van der Waals surface area (Å²) in [6.45, 7) is 0.154. The third-order valence-electron chi connectivity index (χ3n) is 4.56. The first kappa shape index (κ1) is 20.5. The minimum absolute atomic E-state index is 0.0131. The third-order valence-corrected chi connectivity index (χ3v) is 4.79. The molecule has 1 unspecified atom stereocenters. The van der Waals surface area contributed by atoms with Gasteiger partial charge in [0.05, 0.1) is 25.8 Å². The molecule has 2 aromatic rings. The molecule has 29 heavy (non-hydrogen) atoms. The lowest BCUT2D eigenvalue weighted by molar-refractivity contribution is -0.126. The Kier molecular flexibility index (Phi) is 6.23. The van der Waals surface area contributed by atoms with Crippen molar-refractivity contribution in [1.29, 1.82) is 0 Å². The maximum Gasteiger partial charge on any atom is 0.269 e. The highest BCUT2D eigenvalue weighted by atomic mass is 35.5. The number of nitrogens with zero attached hydrogens (tertiary/aromatic N) is 1. The van der Waals surface area contributed by atoms with Gasteiger partial charge in [-0.2, -0.15) is 0 Å². The highest BCUT2D eigenvalue weighted by Gasteiger charge is 2.36. The second-order valence-electron chi connectivity index (χ2n) is 6.40. The molecule has 0 aliphatic carbocycles. The zero-order valence-corrected chi connectivity index (χ0v) is 16.7. The van der Waals surface area contributed by atoms with Gasteiger partial charge in [-0.25, -0.2) is 0 Å². The van der Waals surface area contributed by atoms with Crippen LogP contribution in [0.2, 0.25) is 5.02 Å². The molecule has 1 heterocycles. The SMILES string of the molecule is COc1ccc(OC)c(N2CC(C(=O)NNC(=O)c3cccc(Cl)c3)CC2=O)c1. The van der Waals surface area contributed by atoms with Gasteiger partial charge >= 0.3 is 0 Å². The number of rotatable bonds is 5. The van der Waals surface area contributed by atoms with Crippen LogP contribution in [0, 0.1) is 5.92 Å². The summed E-state index contributed by atoms with van der Waals surface area (Å²) < 4.78 is 10.5. The predicted octanol–water partition coefficient (Wildman–Crippen LogP) is 2.17. The topological polar surface area (TPSA) is 97.0 Å². The second kappa shape index (κ2) is 8.83. The Morgan fingerprint density at radius 3 is 2.59 bits per heavy atom. The van der Waals surface area contributed by atoms with Crippen molar-refractivity contribution in [3.05, 3.63) is 53.1 Å². The lowest BCUT2D eigenvalue weighted by Crippen LogP contribution is -2.45. The van der Waals surface area contributed by atoms with Gasteiger partial charge in [-0.1, -0.05) is 17.7 Å². The first-order valence-corrected chi connectivity index (χ1v) is 9.19. The van der Waals surface area contributed by atoms with Gasteiger partial charge < -0.3 is 14.4 Å². The van der Waals surface area contributed by atoms with Gasteiger partial charge in [-0.05, 0) is 30.3 Å². The van der Waals surface area contributed by atoms with Crippen LogP contribution in [-0.2, 0) is 9.59 Å². The van der Waals surface area contributed by atoms with E-state index in [2.05, 4.69) is 10.9 Å². The molecule has 3 amide bonds. The zero-order chi connectivity index (χ0) is 21.0. The summed E-state index contributed by atoms with van der Waals surface area (Å²) in [5, 5.41) is 0.410. The van der Waals surface area contributed by atoms with E-state index in [-0.39, 0.29) is 18.9 Å². The lowest BCUT2D eigenvalue weighted by Gasteiger charge is -2.20. The Bertz CT molecular complexity index is 949. The van der Waals surface area contributed by atoms with Crippen LogP contribution in [0.4, 0.5) is 5.69 Å². The molecule has 0 radical (unpaired) electrons. The van der Waals surface area contributed by atoms with Gasteiger partial charge in [0.2, 0.25) is 11.8 Å². The van der Waals surface area contributed by atoms with Gasteiger partial charge in [-0.3, -0.25) is 25.2 Å². The number of amides is 3. The average molecular weight is 418 g/mol. The van der Waals surface area contributed by atoms with Crippen molar-refractivity contribution < 1.29 is 23.9 Å². The quantitative estimate of drug-likeness (QED) is 0.727. The molecule has 0 bridgehead atoms. The molecule has 2 aromatic carbocycles. The lowest BCUT2D eigenvalue weighted by atomic mass is 10.1. The number of methoxy groups -OCH3 is 2. The first-order valence-electron chi connectivity index (χ1n) is 8.81. The van der Waals surface area contributed by atoms with E-state index in [1.54, 1.807) is 36.4 Å². The van der Waals surface area contributed by atoms with Crippen molar-refractivity contribution in [2.75, 3.05) is 25.7 Å². The standard InChI is InChI=1S/C20H20ClN3O5/c1-28-15-6-7-17(29-2)16(10-15)24-11-13(9-18(24)25)20(27)23-22-19(26)12-4-3-5-14(21)8-12/h3-8,10,13H,9,11H2,1-2H3,(H,22,26)(H,23,27). The Balaban J connectivity index is 1.65. The second-order valence-corrected chi connectivity index (χ2v) is 6.83. The molecular weight excluding hydrogens is 398 g/mol. The smallest absolute Gasteiger partial charge is 0.269 e. The van der Waals surface area contributed by atoms with E-state index in [0.29, 0.717) is 27.8 Å². The van der Waals surface area contributed by atoms with E-state index in [9.17, 15) is 14.4 Å². The fraction of sp³-hybridized carbons (Fsp3) is 0.250. The molecule has 0 aromatic heterocycles. The number of hydrazine groups is 1. The number of hydrogen-bond donors (Lipinski definition) is 2. The van der Waals surface area contributed by atoms with E-state index in [0.717, 1.165) is 0 Å². The van der Waals surface area contributed by atoms with E-state index in [1.807, 2.05) is 0 Å². The third kappa shape index (κ3) is 4.60. The summed E-state index contributed by atoms with van der Waals surface area (Å²) >= 11 is 5.86. The number of carbonyl (C=O) groups is 3. The number of anilines is 1. The molecule has 1 saturated heterocycles. The molecule has 1 fully saturated rings. The van der Waals surface area contributed by atoms with Crippen molar-refractivity contribution >= 4 is 35.0 Å². The van der Waals surface area contributed by atoms with Crippen molar-refractivity contribution in [2.45, 2.75) is 6.42 Å². The van der Waals surface area contributed by atoms with Crippen molar-refractivity contribution in [1.82, 2.24) is 10.9 Å². The van der Waals surface area contributed by atoms with Crippen LogP contribution < -0.4 is 25.2 Å². The number of benzene rings is 2. The minimum atomic E-state index is -0.627. The molecule has 1 aliphatic rings. The summed E-state index contributed by atoms with van der Waals surface area (Å²) in [6, 6.07) is 11.4. The molecule has 8 nitrogen and oxygen atoms in total. The van der Waals surface area contributed by atoms with E-state index < -0.39 is 17.7 Å². The largest absolute Gasteiger partial charge is 0.497 e. The van der Waals surface area contributed by atoms with Gasteiger partial charge in [0.15, 0.2) is 0 Å². The molecule has 0 spiro atoms. The molecule has 9 heteroatoms. The monoisotopic (exact) mass is 417 g/mol. The van der Waals surface area contributed by atoms with Crippen molar-refractivity contribution in [3.63, 3.8) is 0 Å². The Hall–Kier alpha value is -3.26. The van der Waals surface area contributed by atoms with Gasteiger partial charge in [-0.15, -0.1) is 0 Å². The molecule has 152 valence electrons. The Morgan fingerprint density at radius 1 is 1.10 bits per heavy atom. The van der Waals surface area contributed by atoms with E-state index >= 15 is 0 Å². The molecule has 3 rings (SSSR count). The molecule has 0 saturated carbocycles. The number of hydrogen-bond acceptors (Lipinski definition) is 5. The molecule has 1 atom stereocenters. The predicted molar refractivity (Wildman–Crippen MR) is 107 cm³/mol. The maximum atomic E-state index is 12.5. The molecule has 2 N–H and O–H groups in total. The van der Waals surface area contributed by atoms with Crippen molar-refractivity contribution in [2.24, 2.45) is 5.92 Å². The highest BCUT2D eigenvalue weighted by molar-refractivity contribution is 6.31. The van der Waals surface area contributed by atoms with Crippen LogP contribution in [-0.4, -0.2) is 38.5 Å². The number of nitrogens with one attached hydrogen (secondary N) is 2. The van der Waals surface area contributed by atoms with E-state index in [4.69, 9.17) is 21.1 Å². The van der Waals surface area contributed by atoms with Crippen LogP contribution >= 0.6 is 11.6 Å². The minimum Gasteiger partial charge on any atom is -0.497 e. The van der Waals surface area contributed by atoms with Crippen LogP contribution in [0.3, 0.4) is 0 Å². The Morgan fingerprint density at radius 2 is 1.90 bits per heavy atom. The number of ether oxygens (including phenoxy) is 2. The summed E-state index contributed by atoms with van der Waals surface area (Å²) in [6.07, 6.45) is 0.0131. The fourth-order valence-corrected chi connectivity index (χ4v) is 3.24. The summed E-state index contributed by atoms with van der Waals surface area (Å²) in [7, 11) is 3.03. The molecule has 1 aliphatic heterocycles. The highest BCUT2D eigenvalue weighted by Crippen LogP contribution is 2.36. The molecular formula is C20H20ClN3O5. The average Bonchev–Trinajstić information content (AvgIpc) is 3.12. The maximum absolute atomic E-state index is 12.5. The summed E-state index contributed by atoms with van der Waals surface area (Å²) in [5.74, 6) is -0.754. The van der Waals surface area contributed by atoms with Gasteiger partial charge in [0.25, 0.3) is 5.91 Å². The number of carbonyl (C=O) groups excluding carboxylic acids is 3. The normalized spacial score (nSPS) is 15.8. The van der Waals surface area contributed by atoms with Crippen LogP contribution in [0.1, 0.15) is 16.8 Å². The fourth-order valence-electron chi connectivity index (χ4n) is 3.05. The van der Waals surface area contributed by atoms with Crippen molar-refractivity contribution in [3.8, 4) is 11.5 Å². The van der Waals surface area contributed by atoms with Gasteiger partial charge in [0, 0.05) is 29.6 Å². The van der Waals surface area contributed by atoms with Gasteiger partial charge in [0.1, 0.15) is 11.5 Å².